The molecule has 0 aliphatic carbocycles. The summed E-state index contributed by atoms with van der Waals surface area (Å²) in [7, 11) is 0. The summed E-state index contributed by atoms with van der Waals surface area (Å²) in [5.74, 6) is 0. The molecule has 2 atom stereocenters. The second kappa shape index (κ2) is 3.52. The van der Waals surface area contributed by atoms with E-state index in [2.05, 4.69) is 0 Å². The zero-order valence-corrected chi connectivity index (χ0v) is 6.62. The van der Waals surface area contributed by atoms with Crippen LogP contribution in [0.4, 0.5) is 0 Å². The Morgan fingerprint density at radius 3 is 2.82 bits per heavy atom. The summed E-state index contributed by atoms with van der Waals surface area (Å²) in [4.78, 5) is 0. The van der Waals surface area contributed by atoms with Crippen LogP contribution in [0.25, 0.3) is 0 Å². The van der Waals surface area contributed by atoms with Gasteiger partial charge in [-0.1, -0.05) is 0 Å². The standard InChI is InChI=1S/C8H14O3/c1-2-8(10-4-1)11-7-3-5-9-6-7/h7-8H,1-6H2/t7-,8?/m1/s1. The Hall–Kier alpha value is -0.120. The van der Waals surface area contributed by atoms with Crippen LogP contribution in [-0.2, 0) is 14.2 Å². The van der Waals surface area contributed by atoms with Gasteiger partial charge < -0.3 is 14.2 Å². The fourth-order valence-electron chi connectivity index (χ4n) is 1.49. The SMILES string of the molecule is C1COC(O[C@@H]2CCOC2)C1. The van der Waals surface area contributed by atoms with Gasteiger partial charge in [0.2, 0.25) is 0 Å². The summed E-state index contributed by atoms with van der Waals surface area (Å²) in [5.41, 5.74) is 0. The molecule has 11 heavy (non-hydrogen) atoms. The first kappa shape index (κ1) is 7.53. The zero-order chi connectivity index (χ0) is 7.52. The molecule has 2 aliphatic heterocycles. The monoisotopic (exact) mass is 158 g/mol. The van der Waals surface area contributed by atoms with Crippen molar-refractivity contribution in [2.45, 2.75) is 31.7 Å². The summed E-state index contributed by atoms with van der Waals surface area (Å²) in [6, 6.07) is 0. The maximum atomic E-state index is 5.62. The molecular weight excluding hydrogens is 144 g/mol. The molecule has 1 unspecified atom stereocenters. The molecule has 0 aromatic carbocycles. The van der Waals surface area contributed by atoms with Gasteiger partial charge in [-0.2, -0.15) is 0 Å². The third-order valence-corrected chi connectivity index (χ3v) is 2.12. The van der Waals surface area contributed by atoms with Crippen molar-refractivity contribution < 1.29 is 14.2 Å². The Morgan fingerprint density at radius 1 is 1.18 bits per heavy atom. The fraction of sp³-hybridized carbons (Fsp3) is 1.00. The van der Waals surface area contributed by atoms with Crippen molar-refractivity contribution in [1.82, 2.24) is 0 Å². The lowest BCUT2D eigenvalue weighted by molar-refractivity contribution is -0.143. The van der Waals surface area contributed by atoms with Crippen molar-refractivity contribution in [2.75, 3.05) is 19.8 Å². The molecule has 0 saturated carbocycles. The van der Waals surface area contributed by atoms with Crippen LogP contribution in [0.1, 0.15) is 19.3 Å². The molecule has 3 nitrogen and oxygen atoms in total. The van der Waals surface area contributed by atoms with E-state index in [1.54, 1.807) is 0 Å². The number of ether oxygens (including phenoxy) is 3. The van der Waals surface area contributed by atoms with E-state index in [9.17, 15) is 0 Å². The van der Waals surface area contributed by atoms with Crippen molar-refractivity contribution in [3.8, 4) is 0 Å². The summed E-state index contributed by atoms with van der Waals surface area (Å²) in [6.45, 7) is 2.45. The molecule has 64 valence electrons. The number of rotatable bonds is 2. The molecule has 0 amide bonds. The fourth-order valence-corrected chi connectivity index (χ4v) is 1.49. The molecule has 2 aliphatic rings. The van der Waals surface area contributed by atoms with Gasteiger partial charge in [0.1, 0.15) is 0 Å². The predicted molar refractivity (Wildman–Crippen MR) is 39.3 cm³/mol. The van der Waals surface area contributed by atoms with Crippen LogP contribution >= 0.6 is 0 Å². The molecule has 0 aromatic heterocycles. The van der Waals surface area contributed by atoms with Crippen molar-refractivity contribution >= 4 is 0 Å². The van der Waals surface area contributed by atoms with E-state index in [-0.39, 0.29) is 12.4 Å². The summed E-state index contributed by atoms with van der Waals surface area (Å²) in [5, 5.41) is 0. The third kappa shape index (κ3) is 1.92. The first-order valence-electron chi connectivity index (χ1n) is 4.30. The summed E-state index contributed by atoms with van der Waals surface area (Å²) < 4.78 is 16.1. The summed E-state index contributed by atoms with van der Waals surface area (Å²) >= 11 is 0. The molecule has 2 heterocycles. The van der Waals surface area contributed by atoms with Crippen LogP contribution in [0.5, 0.6) is 0 Å². The maximum Gasteiger partial charge on any atom is 0.158 e. The van der Waals surface area contributed by atoms with Gasteiger partial charge in [0.25, 0.3) is 0 Å². The lowest BCUT2D eigenvalue weighted by Gasteiger charge is -2.15. The van der Waals surface area contributed by atoms with E-state index < -0.39 is 0 Å². The largest absolute Gasteiger partial charge is 0.379 e. The van der Waals surface area contributed by atoms with Crippen LogP contribution < -0.4 is 0 Å². The lowest BCUT2D eigenvalue weighted by Crippen LogP contribution is -2.21. The minimum absolute atomic E-state index is 0.0571. The predicted octanol–water partition coefficient (Wildman–Crippen LogP) is 0.928. The van der Waals surface area contributed by atoms with Gasteiger partial charge in [-0.3, -0.25) is 0 Å². The molecule has 0 N–H and O–H groups in total. The van der Waals surface area contributed by atoms with Crippen molar-refractivity contribution in [1.29, 1.82) is 0 Å². The van der Waals surface area contributed by atoms with E-state index in [1.165, 1.54) is 0 Å². The molecule has 0 aromatic rings. The maximum absolute atomic E-state index is 5.62. The van der Waals surface area contributed by atoms with E-state index in [0.717, 1.165) is 39.1 Å². The Bertz CT molecular complexity index is 101. The highest BCUT2D eigenvalue weighted by molar-refractivity contribution is 4.65. The van der Waals surface area contributed by atoms with Gasteiger partial charge >= 0.3 is 0 Å². The highest BCUT2D eigenvalue weighted by Crippen LogP contribution is 2.18. The van der Waals surface area contributed by atoms with Crippen molar-refractivity contribution in [3.63, 3.8) is 0 Å². The first-order valence-corrected chi connectivity index (χ1v) is 4.30. The second-order valence-electron chi connectivity index (χ2n) is 3.06. The Labute approximate surface area is 66.6 Å². The van der Waals surface area contributed by atoms with E-state index in [1.807, 2.05) is 0 Å². The van der Waals surface area contributed by atoms with Gasteiger partial charge in [-0.05, 0) is 12.8 Å². The molecule has 0 bridgehead atoms. The molecule has 0 radical (unpaired) electrons. The quantitative estimate of drug-likeness (QED) is 0.598. The Morgan fingerprint density at radius 2 is 2.18 bits per heavy atom. The topological polar surface area (TPSA) is 27.7 Å². The van der Waals surface area contributed by atoms with Crippen LogP contribution in [0.2, 0.25) is 0 Å². The Kier molecular flexibility index (Phi) is 2.41. The minimum Gasteiger partial charge on any atom is -0.379 e. The molecule has 2 fully saturated rings. The van der Waals surface area contributed by atoms with E-state index >= 15 is 0 Å². The first-order chi connectivity index (χ1) is 5.45. The van der Waals surface area contributed by atoms with Crippen LogP contribution in [0, 0.1) is 0 Å². The molecular formula is C8H14O3. The van der Waals surface area contributed by atoms with Crippen LogP contribution in [0.3, 0.4) is 0 Å². The molecule has 2 saturated heterocycles. The molecule has 0 spiro atoms. The molecule has 2 rings (SSSR count). The summed E-state index contributed by atoms with van der Waals surface area (Å²) in [6.07, 6.45) is 3.56. The van der Waals surface area contributed by atoms with Gasteiger partial charge in [-0.15, -0.1) is 0 Å². The van der Waals surface area contributed by atoms with Gasteiger partial charge in [0.05, 0.1) is 12.7 Å². The van der Waals surface area contributed by atoms with Gasteiger partial charge in [0, 0.05) is 19.6 Å². The zero-order valence-electron chi connectivity index (χ0n) is 6.62. The molecule has 3 heteroatoms. The lowest BCUT2D eigenvalue weighted by atomic mass is 10.3. The normalized spacial score (nSPS) is 38.2. The average molecular weight is 158 g/mol. The Balaban J connectivity index is 1.71. The van der Waals surface area contributed by atoms with E-state index in [0.29, 0.717) is 0 Å². The smallest absolute Gasteiger partial charge is 0.158 e. The van der Waals surface area contributed by atoms with Crippen LogP contribution in [-0.4, -0.2) is 32.2 Å². The third-order valence-electron chi connectivity index (χ3n) is 2.12. The highest BCUT2D eigenvalue weighted by Gasteiger charge is 2.23. The number of hydrogen-bond donors (Lipinski definition) is 0. The van der Waals surface area contributed by atoms with Crippen LogP contribution in [0.15, 0.2) is 0 Å². The van der Waals surface area contributed by atoms with Gasteiger partial charge in [-0.25, -0.2) is 0 Å². The minimum atomic E-state index is 0.0571. The number of hydrogen-bond acceptors (Lipinski definition) is 3. The van der Waals surface area contributed by atoms with Crippen molar-refractivity contribution in [2.24, 2.45) is 0 Å². The van der Waals surface area contributed by atoms with Gasteiger partial charge in [0.15, 0.2) is 6.29 Å². The average Bonchev–Trinajstić information content (AvgIpc) is 2.60. The van der Waals surface area contributed by atoms with Crippen molar-refractivity contribution in [3.05, 3.63) is 0 Å². The van der Waals surface area contributed by atoms with E-state index in [4.69, 9.17) is 14.2 Å². The highest BCUT2D eigenvalue weighted by atomic mass is 16.7. The second-order valence-corrected chi connectivity index (χ2v) is 3.06.